The summed E-state index contributed by atoms with van der Waals surface area (Å²) in [6, 6.07) is -0.105. The average Bonchev–Trinajstić information content (AvgIpc) is 2.90. The first-order chi connectivity index (χ1) is 7.36. The molecule has 1 aliphatic carbocycles. The van der Waals surface area contributed by atoms with Gasteiger partial charge in [-0.1, -0.05) is 11.6 Å². The van der Waals surface area contributed by atoms with Gasteiger partial charge in [0, 0.05) is 18.9 Å². The molecule has 2 rings (SSSR count). The Labute approximate surface area is 89.0 Å². The Balaban J connectivity index is 1.72. The molecule has 1 aliphatic rings. The summed E-state index contributed by atoms with van der Waals surface area (Å²) >= 11 is 0. The van der Waals surface area contributed by atoms with E-state index >= 15 is 0 Å². The molecule has 0 aliphatic heterocycles. The first-order valence-corrected chi connectivity index (χ1v) is 5.30. The Hall–Kier alpha value is -1.58. The van der Waals surface area contributed by atoms with Gasteiger partial charge < -0.3 is 5.32 Å². The fourth-order valence-corrected chi connectivity index (χ4v) is 1.76. The summed E-state index contributed by atoms with van der Waals surface area (Å²) in [7, 11) is 0. The van der Waals surface area contributed by atoms with Crippen LogP contribution in [0.25, 0.3) is 0 Å². The molecule has 4 nitrogen and oxygen atoms in total. The van der Waals surface area contributed by atoms with Crippen molar-refractivity contribution in [2.24, 2.45) is 0 Å². The van der Waals surface area contributed by atoms with Crippen LogP contribution in [0.4, 0.5) is 4.79 Å². The number of hydrogen-bond acceptors (Lipinski definition) is 2. The van der Waals surface area contributed by atoms with Crippen molar-refractivity contribution >= 4 is 6.03 Å². The standard InChI is InChI=1S/C11H15N3O/c15-11(14-8-7-12-9-14)13-6-5-10-3-1-2-4-10/h3,7-9H,1-2,4-6H2,(H,13,15). The molecule has 0 spiro atoms. The third-order valence-electron chi connectivity index (χ3n) is 2.60. The van der Waals surface area contributed by atoms with Crippen molar-refractivity contribution in [3.8, 4) is 0 Å². The molecular formula is C11H15N3O. The third kappa shape index (κ3) is 2.68. The highest BCUT2D eigenvalue weighted by atomic mass is 16.2. The van der Waals surface area contributed by atoms with Crippen LogP contribution in [-0.2, 0) is 0 Å². The second-order valence-electron chi connectivity index (χ2n) is 3.71. The summed E-state index contributed by atoms with van der Waals surface area (Å²) in [5.74, 6) is 0. The summed E-state index contributed by atoms with van der Waals surface area (Å²) in [6.07, 6.45) is 11.7. The summed E-state index contributed by atoms with van der Waals surface area (Å²) < 4.78 is 1.45. The number of allylic oxidation sites excluding steroid dienone is 1. The molecule has 0 saturated carbocycles. The molecule has 0 aromatic carbocycles. The Kier molecular flexibility index (Phi) is 3.17. The number of imidazole rings is 1. The molecule has 0 atom stereocenters. The van der Waals surface area contributed by atoms with E-state index in [1.54, 1.807) is 12.4 Å². The van der Waals surface area contributed by atoms with Gasteiger partial charge in [0.2, 0.25) is 0 Å². The molecule has 0 unspecified atom stereocenters. The number of rotatable bonds is 3. The normalized spacial score (nSPS) is 15.1. The van der Waals surface area contributed by atoms with E-state index in [2.05, 4.69) is 16.4 Å². The van der Waals surface area contributed by atoms with Crippen LogP contribution in [0.3, 0.4) is 0 Å². The van der Waals surface area contributed by atoms with E-state index in [1.165, 1.54) is 35.7 Å². The maximum atomic E-state index is 11.5. The monoisotopic (exact) mass is 205 g/mol. The number of aromatic nitrogens is 2. The predicted octanol–water partition coefficient (Wildman–Crippen LogP) is 1.94. The van der Waals surface area contributed by atoms with Crippen LogP contribution in [0.1, 0.15) is 25.7 Å². The van der Waals surface area contributed by atoms with Crippen LogP contribution in [-0.4, -0.2) is 22.1 Å². The minimum Gasteiger partial charge on any atom is -0.337 e. The van der Waals surface area contributed by atoms with Gasteiger partial charge in [-0.05, 0) is 25.7 Å². The van der Waals surface area contributed by atoms with E-state index in [0.29, 0.717) is 6.54 Å². The zero-order chi connectivity index (χ0) is 10.5. The molecule has 80 valence electrons. The molecule has 15 heavy (non-hydrogen) atoms. The molecule has 1 heterocycles. The van der Waals surface area contributed by atoms with Crippen molar-refractivity contribution in [3.63, 3.8) is 0 Å². The number of hydrogen-bond donors (Lipinski definition) is 1. The zero-order valence-electron chi connectivity index (χ0n) is 8.65. The first kappa shape index (κ1) is 9.96. The molecular weight excluding hydrogens is 190 g/mol. The molecule has 4 heteroatoms. The van der Waals surface area contributed by atoms with E-state index < -0.39 is 0 Å². The van der Waals surface area contributed by atoms with Gasteiger partial charge in [0.15, 0.2) is 0 Å². The summed E-state index contributed by atoms with van der Waals surface area (Å²) in [4.78, 5) is 15.3. The summed E-state index contributed by atoms with van der Waals surface area (Å²) in [5, 5.41) is 2.86. The van der Waals surface area contributed by atoms with Crippen molar-refractivity contribution in [3.05, 3.63) is 30.4 Å². The van der Waals surface area contributed by atoms with Crippen molar-refractivity contribution in [2.45, 2.75) is 25.7 Å². The molecule has 0 bridgehead atoms. The lowest BCUT2D eigenvalue weighted by Gasteiger charge is -2.05. The minimum atomic E-state index is -0.105. The van der Waals surface area contributed by atoms with E-state index in [0.717, 1.165) is 6.42 Å². The Morgan fingerprint density at radius 3 is 3.20 bits per heavy atom. The Morgan fingerprint density at radius 1 is 1.60 bits per heavy atom. The molecule has 1 amide bonds. The van der Waals surface area contributed by atoms with Crippen LogP contribution in [0.15, 0.2) is 30.4 Å². The fraction of sp³-hybridized carbons (Fsp3) is 0.455. The van der Waals surface area contributed by atoms with Gasteiger partial charge >= 0.3 is 6.03 Å². The maximum Gasteiger partial charge on any atom is 0.326 e. The van der Waals surface area contributed by atoms with Crippen LogP contribution < -0.4 is 5.32 Å². The lowest BCUT2D eigenvalue weighted by molar-refractivity contribution is 0.242. The van der Waals surface area contributed by atoms with Gasteiger partial charge in [0.05, 0.1) is 0 Å². The molecule has 1 aromatic rings. The van der Waals surface area contributed by atoms with E-state index in [1.807, 2.05) is 0 Å². The smallest absolute Gasteiger partial charge is 0.326 e. The van der Waals surface area contributed by atoms with Crippen LogP contribution in [0.2, 0.25) is 0 Å². The summed E-state index contributed by atoms with van der Waals surface area (Å²) in [5.41, 5.74) is 1.47. The fourth-order valence-electron chi connectivity index (χ4n) is 1.76. The number of carbonyl (C=O) groups is 1. The predicted molar refractivity (Wildman–Crippen MR) is 57.6 cm³/mol. The van der Waals surface area contributed by atoms with Gasteiger partial charge in [-0.15, -0.1) is 0 Å². The van der Waals surface area contributed by atoms with Crippen LogP contribution >= 0.6 is 0 Å². The van der Waals surface area contributed by atoms with E-state index in [-0.39, 0.29) is 6.03 Å². The van der Waals surface area contributed by atoms with E-state index in [4.69, 9.17) is 0 Å². The second-order valence-corrected chi connectivity index (χ2v) is 3.71. The van der Waals surface area contributed by atoms with Crippen molar-refractivity contribution in [1.29, 1.82) is 0 Å². The lowest BCUT2D eigenvalue weighted by Crippen LogP contribution is -2.28. The van der Waals surface area contributed by atoms with Gasteiger partial charge in [-0.3, -0.25) is 4.57 Å². The number of amides is 1. The van der Waals surface area contributed by atoms with Gasteiger partial charge in [-0.25, -0.2) is 9.78 Å². The summed E-state index contributed by atoms with van der Waals surface area (Å²) in [6.45, 7) is 0.711. The average molecular weight is 205 g/mol. The van der Waals surface area contributed by atoms with E-state index in [9.17, 15) is 4.79 Å². The lowest BCUT2D eigenvalue weighted by atomic mass is 10.2. The minimum absolute atomic E-state index is 0.105. The second kappa shape index (κ2) is 4.77. The van der Waals surface area contributed by atoms with Gasteiger partial charge in [0.1, 0.15) is 6.33 Å². The highest BCUT2D eigenvalue weighted by molar-refractivity contribution is 5.76. The topological polar surface area (TPSA) is 46.9 Å². The van der Waals surface area contributed by atoms with Gasteiger partial charge in [-0.2, -0.15) is 0 Å². The third-order valence-corrected chi connectivity index (χ3v) is 2.60. The molecule has 0 fully saturated rings. The largest absolute Gasteiger partial charge is 0.337 e. The van der Waals surface area contributed by atoms with Gasteiger partial charge in [0.25, 0.3) is 0 Å². The molecule has 1 N–H and O–H groups in total. The zero-order valence-corrected chi connectivity index (χ0v) is 8.65. The highest BCUT2D eigenvalue weighted by Gasteiger charge is 2.06. The quantitative estimate of drug-likeness (QED) is 0.766. The van der Waals surface area contributed by atoms with Crippen LogP contribution in [0.5, 0.6) is 0 Å². The maximum absolute atomic E-state index is 11.5. The Morgan fingerprint density at radius 2 is 2.53 bits per heavy atom. The van der Waals surface area contributed by atoms with Crippen LogP contribution in [0, 0.1) is 0 Å². The Bertz CT molecular complexity index is 354. The first-order valence-electron chi connectivity index (χ1n) is 5.30. The SMILES string of the molecule is O=C(NCCC1=CCCC1)n1ccnc1. The van der Waals surface area contributed by atoms with Crippen molar-refractivity contribution in [2.75, 3.05) is 6.54 Å². The molecule has 0 saturated heterocycles. The van der Waals surface area contributed by atoms with Crippen molar-refractivity contribution < 1.29 is 4.79 Å². The van der Waals surface area contributed by atoms with Crippen molar-refractivity contribution in [1.82, 2.24) is 14.9 Å². The number of nitrogens with one attached hydrogen (secondary N) is 1. The molecule has 1 aromatic heterocycles. The number of nitrogens with zero attached hydrogens (tertiary/aromatic N) is 2. The molecule has 0 radical (unpaired) electrons. The number of carbonyl (C=O) groups excluding carboxylic acids is 1. The highest BCUT2D eigenvalue weighted by Crippen LogP contribution is 2.19.